The largest absolute Gasteiger partial charge is 0.550 e. The van der Waals surface area contributed by atoms with Crippen molar-refractivity contribution in [3.63, 3.8) is 0 Å². The van der Waals surface area contributed by atoms with Crippen molar-refractivity contribution < 1.29 is 24.6 Å². The highest BCUT2D eigenvalue weighted by molar-refractivity contribution is 6.12. The van der Waals surface area contributed by atoms with Gasteiger partial charge in [-0.25, -0.2) is 0 Å². The average molecular weight is 593 g/mol. The topological polar surface area (TPSA) is 145 Å². The SMILES string of the molecule is C=CC1C2CC3NC(CC4NC5C(=C4C)C(=O)[C@H](C(=O)[O-])C5C4NC(CC(N2)C1C)[C@@H](C)[C@@H]4CCC(=O)[O-])C(CC)=C3C. The van der Waals surface area contributed by atoms with Crippen molar-refractivity contribution in [2.45, 2.75) is 121 Å². The summed E-state index contributed by atoms with van der Waals surface area (Å²) in [6.45, 7) is 15.1. The van der Waals surface area contributed by atoms with Gasteiger partial charge in [-0.2, -0.15) is 0 Å². The van der Waals surface area contributed by atoms with Crippen LogP contribution in [0.2, 0.25) is 0 Å². The van der Waals surface area contributed by atoms with E-state index in [2.05, 4.69) is 61.6 Å². The minimum Gasteiger partial charge on any atom is -0.550 e. The van der Waals surface area contributed by atoms with Crippen LogP contribution in [0.5, 0.6) is 0 Å². The van der Waals surface area contributed by atoms with Gasteiger partial charge in [0, 0.05) is 65.8 Å². The van der Waals surface area contributed by atoms with Gasteiger partial charge >= 0.3 is 0 Å². The molecule has 6 aliphatic rings. The minimum atomic E-state index is -1.34. The standard InChI is InChI=1S/C34H50N4O5/c1-7-18-14(3)21-11-23-16(5)20(9-10-27(39)40)31(37-23)29-30(34(42)43)33(41)28-17(6)24(38-32(28)29)13-26-19(8-2)15(4)22(36-26)12-25(18)35-21/h7,14,16,18,20-26,29-32,35-38H,1,8-13H2,2-6H3,(H,39,40)(H,42,43)/p-2/t14?,16-,18?,20-,21?,22?,23?,24?,25?,26?,29?,30+,31?,32?/m0/s1. The number of rotatable bonds is 6. The highest BCUT2D eigenvalue weighted by Crippen LogP contribution is 2.49. The molecule has 5 heterocycles. The van der Waals surface area contributed by atoms with Crippen LogP contribution in [0.4, 0.5) is 0 Å². The van der Waals surface area contributed by atoms with Crippen LogP contribution in [0.15, 0.2) is 34.9 Å². The summed E-state index contributed by atoms with van der Waals surface area (Å²) in [5.41, 5.74) is 4.37. The van der Waals surface area contributed by atoms with Gasteiger partial charge in [-0.15, -0.1) is 6.58 Å². The van der Waals surface area contributed by atoms with Gasteiger partial charge in [0.1, 0.15) is 0 Å². The number of Topliss-reactive ketones (excluding diaryl/α,β-unsaturated/α-hetero) is 1. The summed E-state index contributed by atoms with van der Waals surface area (Å²) in [5, 5.41) is 39.7. The molecule has 0 radical (unpaired) electrons. The van der Waals surface area contributed by atoms with Gasteiger partial charge in [0.25, 0.3) is 0 Å². The maximum absolute atomic E-state index is 13.9. The quantitative estimate of drug-likeness (QED) is 0.254. The number of carbonyl (C=O) groups excluding carboxylic acids is 3. The fourth-order valence-corrected chi connectivity index (χ4v) is 10.3. The van der Waals surface area contributed by atoms with Crippen LogP contribution < -0.4 is 31.5 Å². The first kappa shape index (κ1) is 30.7. The van der Waals surface area contributed by atoms with E-state index in [0.717, 1.165) is 31.3 Å². The number of hydrogen-bond acceptors (Lipinski definition) is 9. The monoisotopic (exact) mass is 592 g/mol. The normalized spacial score (nSPS) is 45.7. The van der Waals surface area contributed by atoms with Gasteiger partial charge in [0.05, 0.1) is 11.9 Å². The first-order valence-electron chi connectivity index (χ1n) is 16.5. The van der Waals surface area contributed by atoms with Crippen LogP contribution in [0.3, 0.4) is 0 Å². The number of hydrogen-bond donors (Lipinski definition) is 4. The predicted molar refractivity (Wildman–Crippen MR) is 159 cm³/mol. The summed E-state index contributed by atoms with van der Waals surface area (Å²) in [5.74, 6) is -3.97. The third-order valence-corrected chi connectivity index (χ3v) is 12.6. The number of ketones is 1. The molecule has 1 saturated carbocycles. The van der Waals surface area contributed by atoms with Crippen molar-refractivity contribution in [2.24, 2.45) is 35.5 Å². The molecule has 14 atom stereocenters. The van der Waals surface area contributed by atoms with Crippen LogP contribution in [-0.4, -0.2) is 66.1 Å². The van der Waals surface area contributed by atoms with E-state index in [1.54, 1.807) is 0 Å². The molecule has 11 unspecified atom stereocenters. The van der Waals surface area contributed by atoms with E-state index in [9.17, 15) is 24.6 Å². The van der Waals surface area contributed by atoms with E-state index in [1.807, 2.05) is 6.92 Å². The van der Waals surface area contributed by atoms with E-state index in [1.165, 1.54) is 11.1 Å². The molecule has 4 N–H and O–H groups in total. The second kappa shape index (κ2) is 11.5. The van der Waals surface area contributed by atoms with E-state index < -0.39 is 29.8 Å². The molecular weight excluding hydrogens is 544 g/mol. The Morgan fingerprint density at radius 1 is 0.907 bits per heavy atom. The summed E-state index contributed by atoms with van der Waals surface area (Å²) < 4.78 is 0. The number of fused-ring (bicyclic) bond motifs is 8. The van der Waals surface area contributed by atoms with Crippen molar-refractivity contribution in [1.82, 2.24) is 21.3 Å². The molecule has 236 valence electrons. The molecule has 43 heavy (non-hydrogen) atoms. The lowest BCUT2D eigenvalue weighted by molar-refractivity contribution is -0.312. The van der Waals surface area contributed by atoms with E-state index >= 15 is 0 Å². The summed E-state index contributed by atoms with van der Waals surface area (Å²) in [6.07, 6.45) is 5.92. The Labute approximate surface area is 255 Å². The van der Waals surface area contributed by atoms with Gasteiger partial charge in [0.15, 0.2) is 5.78 Å². The zero-order valence-electron chi connectivity index (χ0n) is 26.2. The fraction of sp³-hybridized carbons (Fsp3) is 0.735. The smallest absolute Gasteiger partial charge is 0.169 e. The molecule has 0 aromatic heterocycles. The van der Waals surface area contributed by atoms with Crippen molar-refractivity contribution in [2.75, 3.05) is 0 Å². The van der Waals surface area contributed by atoms with Crippen molar-refractivity contribution in [3.05, 3.63) is 34.9 Å². The number of carboxylic acids is 2. The highest BCUT2D eigenvalue weighted by atomic mass is 16.4. The van der Waals surface area contributed by atoms with Gasteiger partial charge in [-0.1, -0.05) is 38.0 Å². The van der Waals surface area contributed by atoms with E-state index in [-0.39, 0.29) is 66.3 Å². The molecule has 0 aromatic rings. The van der Waals surface area contributed by atoms with E-state index in [0.29, 0.717) is 23.8 Å². The lowest BCUT2D eigenvalue weighted by Crippen LogP contribution is -2.53. The molecule has 4 fully saturated rings. The van der Waals surface area contributed by atoms with E-state index in [4.69, 9.17) is 0 Å². The maximum atomic E-state index is 13.9. The zero-order chi connectivity index (χ0) is 30.9. The van der Waals surface area contributed by atoms with Gasteiger partial charge in [-0.05, 0) is 81.6 Å². The molecule has 0 amide bonds. The number of nitrogens with one attached hydrogen (secondary N) is 4. The van der Waals surface area contributed by atoms with Crippen LogP contribution in [0.1, 0.15) is 73.1 Å². The predicted octanol–water partition coefficient (Wildman–Crippen LogP) is 0.361. The fourth-order valence-electron chi connectivity index (χ4n) is 10.3. The third kappa shape index (κ3) is 4.95. The first-order chi connectivity index (χ1) is 20.5. The van der Waals surface area contributed by atoms with Gasteiger partial charge < -0.3 is 41.1 Å². The number of carboxylic acid groups (broad SMARTS) is 2. The van der Waals surface area contributed by atoms with Crippen LogP contribution in [0.25, 0.3) is 0 Å². The Hall–Kier alpha value is -2.33. The summed E-state index contributed by atoms with van der Waals surface area (Å²) >= 11 is 0. The maximum Gasteiger partial charge on any atom is 0.169 e. The molecule has 8 bridgehead atoms. The lowest BCUT2D eigenvalue weighted by atomic mass is 9.75. The zero-order valence-corrected chi connectivity index (χ0v) is 26.2. The molecule has 1 aliphatic carbocycles. The second-order valence-electron chi connectivity index (χ2n) is 14.4. The average Bonchev–Trinajstić information content (AvgIpc) is 3.68. The molecular formula is C34H48N4O5-2. The van der Waals surface area contributed by atoms with Gasteiger partial charge in [0.2, 0.25) is 0 Å². The Kier molecular flexibility index (Phi) is 8.24. The molecule has 9 nitrogen and oxygen atoms in total. The Morgan fingerprint density at radius 2 is 1.60 bits per heavy atom. The second-order valence-corrected chi connectivity index (χ2v) is 14.4. The summed E-state index contributed by atoms with van der Waals surface area (Å²) in [4.78, 5) is 38.1. The molecule has 3 saturated heterocycles. The summed E-state index contributed by atoms with van der Waals surface area (Å²) in [7, 11) is 0. The van der Waals surface area contributed by atoms with Crippen LogP contribution in [-0.2, 0) is 14.4 Å². The molecule has 9 heteroatoms. The van der Waals surface area contributed by atoms with Crippen molar-refractivity contribution >= 4 is 17.7 Å². The third-order valence-electron chi connectivity index (χ3n) is 12.6. The Balaban J connectivity index is 1.43. The minimum absolute atomic E-state index is 0.0416. The lowest BCUT2D eigenvalue weighted by Gasteiger charge is -2.35. The highest BCUT2D eigenvalue weighted by Gasteiger charge is 2.58. The van der Waals surface area contributed by atoms with Gasteiger partial charge in [-0.3, -0.25) is 4.79 Å². The summed E-state index contributed by atoms with van der Waals surface area (Å²) in [6, 6.07) is 0.165. The Bertz CT molecular complexity index is 1260. The number of aliphatic carboxylic acids is 2. The molecule has 6 rings (SSSR count). The van der Waals surface area contributed by atoms with Crippen molar-refractivity contribution in [3.8, 4) is 0 Å². The molecule has 0 aromatic carbocycles. The van der Waals surface area contributed by atoms with Crippen molar-refractivity contribution in [1.29, 1.82) is 0 Å². The Morgan fingerprint density at radius 3 is 2.26 bits per heavy atom. The van der Waals surface area contributed by atoms with Crippen LogP contribution >= 0.6 is 0 Å². The number of carbonyl (C=O) groups is 3. The van der Waals surface area contributed by atoms with Crippen LogP contribution in [0, 0.1) is 35.5 Å². The first-order valence-corrected chi connectivity index (χ1v) is 16.5. The molecule has 5 aliphatic heterocycles. The molecule has 0 spiro atoms.